The Kier molecular flexibility index (Phi) is 23.5. The third-order valence-corrected chi connectivity index (χ3v) is 9.21. The van der Waals surface area contributed by atoms with Gasteiger partial charge in [0.15, 0.2) is 0 Å². The molecule has 2 unspecified atom stereocenters. The second-order valence-electron chi connectivity index (χ2n) is 13.1. The fourth-order valence-electron chi connectivity index (χ4n) is 6.52. The lowest BCUT2D eigenvalue weighted by atomic mass is 9.83. The summed E-state index contributed by atoms with van der Waals surface area (Å²) in [4.78, 5) is 0. The molecule has 1 aromatic carbocycles. The van der Waals surface area contributed by atoms with E-state index >= 15 is 0 Å². The van der Waals surface area contributed by atoms with Crippen LogP contribution in [0.4, 0.5) is 0 Å². The second kappa shape index (κ2) is 25.5. The van der Waals surface area contributed by atoms with Crippen molar-refractivity contribution in [3.05, 3.63) is 23.3 Å². The fraction of sp³-hybridized carbons (Fsp3) is 0.842. The van der Waals surface area contributed by atoms with Crippen LogP contribution in [0, 0.1) is 0 Å². The molecule has 0 aliphatic rings. The van der Waals surface area contributed by atoms with Crippen molar-refractivity contribution in [3.8, 4) is 11.5 Å². The van der Waals surface area contributed by atoms with Crippen LogP contribution in [0.1, 0.15) is 218 Å². The van der Waals surface area contributed by atoms with Gasteiger partial charge in [0.1, 0.15) is 11.5 Å². The summed E-state index contributed by atoms with van der Waals surface area (Å²) >= 11 is 0. The predicted molar refractivity (Wildman–Crippen MR) is 178 cm³/mol. The zero-order valence-corrected chi connectivity index (χ0v) is 27.6. The highest BCUT2D eigenvalue weighted by Gasteiger charge is 2.22. The molecule has 0 bridgehead atoms. The van der Waals surface area contributed by atoms with Crippen LogP contribution in [0.3, 0.4) is 0 Å². The summed E-state index contributed by atoms with van der Waals surface area (Å²) in [5, 5.41) is 21.6. The summed E-state index contributed by atoms with van der Waals surface area (Å²) in [5.41, 5.74) is 2.02. The van der Waals surface area contributed by atoms with E-state index in [9.17, 15) is 10.2 Å². The third-order valence-electron chi connectivity index (χ3n) is 9.21. The van der Waals surface area contributed by atoms with E-state index in [-0.39, 0.29) is 11.8 Å². The van der Waals surface area contributed by atoms with E-state index in [1.807, 2.05) is 0 Å². The molecular formula is C38H70O2. The second-order valence-corrected chi connectivity index (χ2v) is 13.1. The van der Waals surface area contributed by atoms with Crippen molar-refractivity contribution in [2.45, 2.75) is 206 Å². The molecule has 2 nitrogen and oxygen atoms in total. The van der Waals surface area contributed by atoms with Gasteiger partial charge in [-0.3, -0.25) is 0 Å². The molecule has 2 N–H and O–H groups in total. The van der Waals surface area contributed by atoms with Crippen LogP contribution >= 0.6 is 0 Å². The van der Waals surface area contributed by atoms with Crippen molar-refractivity contribution < 1.29 is 10.2 Å². The average Bonchev–Trinajstić information content (AvgIpc) is 2.95. The molecule has 0 aromatic heterocycles. The Hall–Kier alpha value is -1.18. The van der Waals surface area contributed by atoms with Crippen molar-refractivity contribution in [3.63, 3.8) is 0 Å². The molecule has 0 aliphatic heterocycles. The van der Waals surface area contributed by atoms with Gasteiger partial charge in [-0.05, 0) is 36.8 Å². The highest BCUT2D eigenvalue weighted by molar-refractivity contribution is 5.50. The molecule has 0 amide bonds. The van der Waals surface area contributed by atoms with Gasteiger partial charge >= 0.3 is 0 Å². The van der Waals surface area contributed by atoms with Crippen LogP contribution in [-0.4, -0.2) is 10.2 Å². The Labute approximate surface area is 251 Å². The number of hydrogen-bond donors (Lipinski definition) is 2. The molecule has 0 aliphatic carbocycles. The molecule has 0 heterocycles. The molecule has 0 radical (unpaired) electrons. The van der Waals surface area contributed by atoms with E-state index < -0.39 is 0 Å². The van der Waals surface area contributed by atoms with E-state index in [0.29, 0.717) is 11.5 Å². The minimum Gasteiger partial charge on any atom is -0.508 e. The normalized spacial score (nSPS) is 13.1. The van der Waals surface area contributed by atoms with Crippen molar-refractivity contribution in [2.24, 2.45) is 0 Å². The summed E-state index contributed by atoms with van der Waals surface area (Å²) < 4.78 is 0. The molecule has 234 valence electrons. The summed E-state index contributed by atoms with van der Waals surface area (Å²) in [6.45, 7) is 9.06. The zero-order valence-electron chi connectivity index (χ0n) is 27.6. The lowest BCUT2D eigenvalue weighted by Crippen LogP contribution is -2.05. The van der Waals surface area contributed by atoms with Crippen LogP contribution in [0.5, 0.6) is 11.5 Å². The number of unbranched alkanes of at least 4 members (excludes halogenated alkanes) is 22. The smallest absolute Gasteiger partial charge is 0.119 e. The number of aromatic hydroxyl groups is 2. The minimum atomic E-state index is 0.287. The Morgan fingerprint density at radius 1 is 0.400 bits per heavy atom. The van der Waals surface area contributed by atoms with Crippen LogP contribution in [0.15, 0.2) is 12.1 Å². The largest absolute Gasteiger partial charge is 0.508 e. The Bertz CT molecular complexity index is 638. The van der Waals surface area contributed by atoms with Gasteiger partial charge in [0, 0.05) is 11.1 Å². The molecular weight excluding hydrogens is 488 g/mol. The van der Waals surface area contributed by atoms with Crippen LogP contribution in [0.25, 0.3) is 0 Å². The standard InChI is InChI=1S/C38H70O2/c1-5-7-9-11-13-15-17-19-21-23-25-27-29-33(3)37-35(39)31-32-36(40)38(37)34(4)30-28-26-24-22-20-18-16-14-12-10-8-6-2/h31-34,39-40H,5-30H2,1-4H3. The first-order valence-corrected chi connectivity index (χ1v) is 18.1. The number of phenolic OH excluding ortho intramolecular Hbond substituents is 2. The molecule has 1 aromatic rings. The summed E-state index contributed by atoms with van der Waals surface area (Å²) in [5.74, 6) is 1.32. The molecule has 0 fully saturated rings. The number of benzene rings is 1. The maximum absolute atomic E-state index is 10.8. The summed E-state index contributed by atoms with van der Waals surface area (Å²) in [6, 6.07) is 3.40. The minimum absolute atomic E-state index is 0.287. The van der Waals surface area contributed by atoms with E-state index in [0.717, 1.165) is 24.0 Å². The monoisotopic (exact) mass is 559 g/mol. The molecule has 1 rings (SSSR count). The van der Waals surface area contributed by atoms with E-state index in [2.05, 4.69) is 27.7 Å². The van der Waals surface area contributed by atoms with Gasteiger partial charge in [-0.15, -0.1) is 0 Å². The summed E-state index contributed by atoms with van der Waals surface area (Å²) in [7, 11) is 0. The predicted octanol–water partition coefficient (Wildman–Crippen LogP) is 13.5. The van der Waals surface area contributed by atoms with Crippen molar-refractivity contribution in [1.82, 2.24) is 0 Å². The molecule has 2 heteroatoms. The highest BCUT2D eigenvalue weighted by Crippen LogP contribution is 2.42. The van der Waals surface area contributed by atoms with Gasteiger partial charge in [0.05, 0.1) is 0 Å². The third kappa shape index (κ3) is 17.6. The SMILES string of the molecule is CCCCCCCCCCCCCCC(C)c1c(O)ccc(O)c1C(C)CCCCCCCCCCCCCC. The number of phenols is 2. The molecule has 0 spiro atoms. The molecule has 0 saturated heterocycles. The Morgan fingerprint density at radius 2 is 0.625 bits per heavy atom. The van der Waals surface area contributed by atoms with E-state index in [1.165, 1.54) is 154 Å². The van der Waals surface area contributed by atoms with Crippen molar-refractivity contribution in [2.75, 3.05) is 0 Å². The van der Waals surface area contributed by atoms with Gasteiger partial charge in [-0.1, -0.05) is 182 Å². The maximum atomic E-state index is 10.8. The van der Waals surface area contributed by atoms with Crippen molar-refractivity contribution >= 4 is 0 Å². The fourth-order valence-corrected chi connectivity index (χ4v) is 6.52. The van der Waals surface area contributed by atoms with Crippen LogP contribution < -0.4 is 0 Å². The first kappa shape index (κ1) is 36.8. The first-order valence-electron chi connectivity index (χ1n) is 18.1. The highest BCUT2D eigenvalue weighted by atomic mass is 16.3. The van der Waals surface area contributed by atoms with Crippen LogP contribution in [0.2, 0.25) is 0 Å². The number of rotatable bonds is 28. The van der Waals surface area contributed by atoms with Gasteiger partial charge < -0.3 is 10.2 Å². The van der Waals surface area contributed by atoms with Gasteiger partial charge in [0.25, 0.3) is 0 Å². The molecule has 2 atom stereocenters. The zero-order chi connectivity index (χ0) is 29.3. The molecule has 0 saturated carbocycles. The lowest BCUT2D eigenvalue weighted by Gasteiger charge is -2.23. The lowest BCUT2D eigenvalue weighted by molar-refractivity contribution is 0.429. The first-order chi connectivity index (χ1) is 19.5. The summed E-state index contributed by atoms with van der Waals surface area (Å²) in [6.07, 6.45) is 35.0. The maximum Gasteiger partial charge on any atom is 0.119 e. The van der Waals surface area contributed by atoms with Gasteiger partial charge in [0.2, 0.25) is 0 Å². The van der Waals surface area contributed by atoms with Gasteiger partial charge in [-0.25, -0.2) is 0 Å². The Balaban J connectivity index is 2.27. The molecule has 40 heavy (non-hydrogen) atoms. The Morgan fingerprint density at radius 3 is 0.875 bits per heavy atom. The van der Waals surface area contributed by atoms with E-state index in [4.69, 9.17) is 0 Å². The van der Waals surface area contributed by atoms with Crippen LogP contribution in [-0.2, 0) is 0 Å². The quantitative estimate of drug-likeness (QED) is 0.0793. The average molecular weight is 559 g/mol. The van der Waals surface area contributed by atoms with Gasteiger partial charge in [-0.2, -0.15) is 0 Å². The topological polar surface area (TPSA) is 40.5 Å². The van der Waals surface area contributed by atoms with E-state index in [1.54, 1.807) is 12.1 Å². The number of hydrogen-bond acceptors (Lipinski definition) is 2. The van der Waals surface area contributed by atoms with Crippen molar-refractivity contribution in [1.29, 1.82) is 0 Å².